The van der Waals surface area contributed by atoms with Gasteiger partial charge in [0, 0.05) is 11.8 Å². The summed E-state index contributed by atoms with van der Waals surface area (Å²) in [6.07, 6.45) is 1.71. The summed E-state index contributed by atoms with van der Waals surface area (Å²) in [5, 5.41) is 7.52. The van der Waals surface area contributed by atoms with Crippen LogP contribution < -0.4 is 15.5 Å². The molecule has 0 unspecified atom stereocenters. The van der Waals surface area contributed by atoms with Gasteiger partial charge in [0.1, 0.15) is 5.75 Å². The first kappa shape index (κ1) is 14.0. The Bertz CT molecular complexity index is 599. The number of benzene rings is 2. The molecule has 0 radical (unpaired) electrons. The fourth-order valence-electron chi connectivity index (χ4n) is 1.56. The maximum Gasteiger partial charge on any atom is 0.191 e. The predicted molar refractivity (Wildman–Crippen MR) is 86.4 cm³/mol. The van der Waals surface area contributed by atoms with Crippen molar-refractivity contribution in [1.29, 1.82) is 0 Å². The van der Waals surface area contributed by atoms with E-state index in [4.69, 9.17) is 17.0 Å². The van der Waals surface area contributed by atoms with Crippen LogP contribution in [-0.4, -0.2) is 18.4 Å². The molecule has 0 bridgehead atoms. The van der Waals surface area contributed by atoms with E-state index in [0.29, 0.717) is 5.11 Å². The quantitative estimate of drug-likeness (QED) is 0.515. The zero-order chi connectivity index (χ0) is 14.2. The standard InChI is InChI=1S/C15H15N3OS/c1-19-14-9-5-8-13(10-14)17-15(20)18-16-11-12-6-3-2-4-7-12/h2-11H,1H3,(H2,17,18,20)/b16-11+. The molecule has 2 aromatic carbocycles. The SMILES string of the molecule is COc1cccc(NC(=S)N/N=C/c2ccccc2)c1. The largest absolute Gasteiger partial charge is 0.497 e. The molecule has 0 spiro atoms. The number of ether oxygens (including phenoxy) is 1. The van der Waals surface area contributed by atoms with Crippen LogP contribution in [0.15, 0.2) is 59.7 Å². The summed E-state index contributed by atoms with van der Waals surface area (Å²) in [6.45, 7) is 0. The van der Waals surface area contributed by atoms with E-state index in [1.54, 1.807) is 13.3 Å². The van der Waals surface area contributed by atoms with Crippen LogP contribution in [0.5, 0.6) is 5.75 Å². The van der Waals surface area contributed by atoms with Crippen molar-refractivity contribution in [3.63, 3.8) is 0 Å². The van der Waals surface area contributed by atoms with Crippen molar-refractivity contribution in [2.45, 2.75) is 0 Å². The number of rotatable bonds is 4. The molecule has 0 aliphatic rings. The summed E-state index contributed by atoms with van der Waals surface area (Å²) in [4.78, 5) is 0. The Kier molecular flexibility index (Phi) is 5.08. The third kappa shape index (κ3) is 4.37. The average Bonchev–Trinajstić information content (AvgIpc) is 2.48. The first-order valence-electron chi connectivity index (χ1n) is 6.07. The second-order valence-corrected chi connectivity index (χ2v) is 4.38. The summed E-state index contributed by atoms with van der Waals surface area (Å²) >= 11 is 5.15. The van der Waals surface area contributed by atoms with Gasteiger partial charge in [0.15, 0.2) is 5.11 Å². The molecule has 2 rings (SSSR count). The number of methoxy groups -OCH3 is 1. The van der Waals surface area contributed by atoms with Crippen molar-refractivity contribution >= 4 is 29.2 Å². The van der Waals surface area contributed by atoms with Gasteiger partial charge in [-0.2, -0.15) is 5.10 Å². The van der Waals surface area contributed by atoms with Crippen LogP contribution in [0.1, 0.15) is 5.56 Å². The number of hydrogen-bond donors (Lipinski definition) is 2. The highest BCUT2D eigenvalue weighted by atomic mass is 32.1. The zero-order valence-corrected chi connectivity index (χ0v) is 11.9. The van der Waals surface area contributed by atoms with Crippen LogP contribution >= 0.6 is 12.2 Å². The van der Waals surface area contributed by atoms with Gasteiger partial charge in [0.05, 0.1) is 13.3 Å². The smallest absolute Gasteiger partial charge is 0.191 e. The van der Waals surface area contributed by atoms with Crippen molar-refractivity contribution in [3.05, 3.63) is 60.2 Å². The van der Waals surface area contributed by atoms with Gasteiger partial charge in [-0.25, -0.2) is 0 Å². The zero-order valence-electron chi connectivity index (χ0n) is 11.0. The summed E-state index contributed by atoms with van der Waals surface area (Å²) < 4.78 is 5.14. The van der Waals surface area contributed by atoms with Crippen LogP contribution in [-0.2, 0) is 0 Å². The van der Waals surface area contributed by atoms with E-state index in [0.717, 1.165) is 17.0 Å². The molecule has 5 heteroatoms. The van der Waals surface area contributed by atoms with Crippen LogP contribution in [0.25, 0.3) is 0 Å². The molecule has 0 atom stereocenters. The summed E-state index contributed by atoms with van der Waals surface area (Å²) in [7, 11) is 1.62. The maximum absolute atomic E-state index is 5.15. The highest BCUT2D eigenvalue weighted by molar-refractivity contribution is 7.80. The number of nitrogens with zero attached hydrogens (tertiary/aromatic N) is 1. The van der Waals surface area contributed by atoms with Crippen molar-refractivity contribution in [2.75, 3.05) is 12.4 Å². The monoisotopic (exact) mass is 285 g/mol. The molecule has 0 heterocycles. The highest BCUT2D eigenvalue weighted by Crippen LogP contribution is 2.16. The predicted octanol–water partition coefficient (Wildman–Crippen LogP) is 3.02. The molecule has 20 heavy (non-hydrogen) atoms. The van der Waals surface area contributed by atoms with E-state index in [9.17, 15) is 0 Å². The minimum Gasteiger partial charge on any atom is -0.497 e. The normalized spacial score (nSPS) is 10.2. The van der Waals surface area contributed by atoms with Gasteiger partial charge in [-0.15, -0.1) is 0 Å². The minimum absolute atomic E-state index is 0.422. The van der Waals surface area contributed by atoms with Crippen LogP contribution in [0.4, 0.5) is 5.69 Å². The van der Waals surface area contributed by atoms with E-state index < -0.39 is 0 Å². The van der Waals surface area contributed by atoms with Crippen molar-refractivity contribution < 1.29 is 4.74 Å². The molecule has 0 amide bonds. The van der Waals surface area contributed by atoms with Gasteiger partial charge >= 0.3 is 0 Å². The van der Waals surface area contributed by atoms with E-state index >= 15 is 0 Å². The number of hydrazone groups is 1. The molecule has 2 N–H and O–H groups in total. The van der Waals surface area contributed by atoms with Crippen molar-refractivity contribution in [1.82, 2.24) is 5.43 Å². The maximum atomic E-state index is 5.15. The fraction of sp³-hybridized carbons (Fsp3) is 0.0667. The van der Waals surface area contributed by atoms with E-state index in [1.807, 2.05) is 54.6 Å². The minimum atomic E-state index is 0.422. The molecule has 2 aromatic rings. The van der Waals surface area contributed by atoms with Gasteiger partial charge in [0.2, 0.25) is 0 Å². The molecular weight excluding hydrogens is 270 g/mol. The molecule has 102 valence electrons. The number of nitrogens with one attached hydrogen (secondary N) is 2. The Morgan fingerprint density at radius 1 is 1.15 bits per heavy atom. The van der Waals surface area contributed by atoms with Gasteiger partial charge < -0.3 is 10.1 Å². The lowest BCUT2D eigenvalue weighted by molar-refractivity contribution is 0.415. The van der Waals surface area contributed by atoms with E-state index in [-0.39, 0.29) is 0 Å². The molecule has 0 saturated heterocycles. The lowest BCUT2D eigenvalue weighted by Crippen LogP contribution is -2.23. The average molecular weight is 285 g/mol. The van der Waals surface area contributed by atoms with Crippen LogP contribution in [0.3, 0.4) is 0 Å². The number of thiocarbonyl (C=S) groups is 1. The Morgan fingerprint density at radius 3 is 2.70 bits per heavy atom. The van der Waals surface area contributed by atoms with Crippen LogP contribution in [0.2, 0.25) is 0 Å². The van der Waals surface area contributed by atoms with Crippen LogP contribution in [0, 0.1) is 0 Å². The van der Waals surface area contributed by atoms with Crippen molar-refractivity contribution in [2.24, 2.45) is 5.10 Å². The molecule has 0 saturated carbocycles. The summed E-state index contributed by atoms with van der Waals surface area (Å²) in [6, 6.07) is 17.3. The third-order valence-corrected chi connectivity index (χ3v) is 2.70. The van der Waals surface area contributed by atoms with Gasteiger partial charge in [0.25, 0.3) is 0 Å². The topological polar surface area (TPSA) is 45.6 Å². The first-order valence-corrected chi connectivity index (χ1v) is 6.48. The summed E-state index contributed by atoms with van der Waals surface area (Å²) in [5.41, 5.74) is 4.61. The lowest BCUT2D eigenvalue weighted by Gasteiger charge is -2.08. The molecule has 4 nitrogen and oxygen atoms in total. The Labute approximate surface area is 123 Å². The second kappa shape index (κ2) is 7.25. The number of anilines is 1. The Morgan fingerprint density at radius 2 is 1.95 bits per heavy atom. The molecule has 0 aliphatic carbocycles. The van der Waals surface area contributed by atoms with Gasteiger partial charge in [-0.3, -0.25) is 5.43 Å². The highest BCUT2D eigenvalue weighted by Gasteiger charge is 1.97. The van der Waals surface area contributed by atoms with Gasteiger partial charge in [-0.05, 0) is 29.9 Å². The fourth-order valence-corrected chi connectivity index (χ4v) is 1.73. The van der Waals surface area contributed by atoms with E-state index in [1.165, 1.54) is 0 Å². The van der Waals surface area contributed by atoms with Crippen molar-refractivity contribution in [3.8, 4) is 5.75 Å². The second-order valence-electron chi connectivity index (χ2n) is 3.97. The summed E-state index contributed by atoms with van der Waals surface area (Å²) in [5.74, 6) is 0.769. The molecule has 0 aromatic heterocycles. The van der Waals surface area contributed by atoms with Gasteiger partial charge in [-0.1, -0.05) is 36.4 Å². The third-order valence-electron chi connectivity index (χ3n) is 2.51. The molecular formula is C15H15N3OS. The lowest BCUT2D eigenvalue weighted by atomic mass is 10.2. The molecule has 0 fully saturated rings. The molecule has 0 aliphatic heterocycles. The number of hydrogen-bond acceptors (Lipinski definition) is 3. The van der Waals surface area contributed by atoms with E-state index in [2.05, 4.69) is 15.8 Å². The Hall–Kier alpha value is -2.40. The Balaban J connectivity index is 1.88. The first-order chi connectivity index (χ1) is 9.78.